The fourth-order valence-electron chi connectivity index (χ4n) is 2.59. The van der Waals surface area contributed by atoms with Crippen LogP contribution in [0.1, 0.15) is 54.6 Å². The summed E-state index contributed by atoms with van der Waals surface area (Å²) in [4.78, 5) is 18.3. The second-order valence-corrected chi connectivity index (χ2v) is 5.01. The third-order valence-electron chi connectivity index (χ3n) is 3.50. The highest BCUT2D eigenvalue weighted by Gasteiger charge is 2.28. The van der Waals surface area contributed by atoms with Crippen LogP contribution in [0.15, 0.2) is 0 Å². The van der Waals surface area contributed by atoms with Crippen molar-refractivity contribution in [2.45, 2.75) is 45.6 Å². The maximum atomic E-state index is 12.1. The van der Waals surface area contributed by atoms with Crippen LogP contribution in [0, 0.1) is 0 Å². The van der Waals surface area contributed by atoms with Crippen LogP contribution < -0.4 is 0 Å². The summed E-state index contributed by atoms with van der Waals surface area (Å²) in [5.41, 5.74) is 1.81. The molecule has 1 aromatic heterocycles. The average molecular weight is 235 g/mol. The molecule has 0 saturated heterocycles. The summed E-state index contributed by atoms with van der Waals surface area (Å²) in [5.74, 6) is 1.52. The molecule has 2 rings (SSSR count). The molecule has 2 heterocycles. The molecule has 1 aliphatic rings. The first-order valence-electron chi connectivity index (χ1n) is 6.37. The third kappa shape index (κ3) is 1.96. The number of carbonyl (C=O) groups excluding carboxylic acids is 1. The molecule has 1 unspecified atom stereocenters. The quantitative estimate of drug-likeness (QED) is 0.786. The molecule has 0 bridgehead atoms. The van der Waals surface area contributed by atoms with E-state index >= 15 is 0 Å². The number of aryl methyl sites for hydroxylation is 1. The SMILES string of the molecule is CCc1nc(C(=O)N(C)C)c2n1CCCC2C. The molecule has 0 aliphatic carbocycles. The topological polar surface area (TPSA) is 38.1 Å². The van der Waals surface area contributed by atoms with Crippen LogP contribution in [0.25, 0.3) is 0 Å². The molecule has 0 radical (unpaired) electrons. The zero-order valence-electron chi connectivity index (χ0n) is 11.2. The molecule has 0 spiro atoms. The molecule has 1 atom stereocenters. The molecule has 94 valence electrons. The Bertz CT molecular complexity index is 434. The number of amides is 1. The van der Waals surface area contributed by atoms with Crippen molar-refractivity contribution in [3.63, 3.8) is 0 Å². The minimum atomic E-state index is 0.0298. The van der Waals surface area contributed by atoms with Gasteiger partial charge in [0.05, 0.1) is 5.69 Å². The Morgan fingerprint density at radius 2 is 2.24 bits per heavy atom. The van der Waals surface area contributed by atoms with E-state index in [2.05, 4.69) is 23.4 Å². The predicted molar refractivity (Wildman–Crippen MR) is 67.3 cm³/mol. The maximum absolute atomic E-state index is 12.1. The molecule has 4 heteroatoms. The van der Waals surface area contributed by atoms with E-state index < -0.39 is 0 Å². The zero-order valence-corrected chi connectivity index (χ0v) is 11.2. The molecule has 1 amide bonds. The Hall–Kier alpha value is -1.32. The van der Waals surface area contributed by atoms with Crippen LogP contribution >= 0.6 is 0 Å². The van der Waals surface area contributed by atoms with Crippen LogP contribution in [0.4, 0.5) is 0 Å². The van der Waals surface area contributed by atoms with Crippen LogP contribution in [0.2, 0.25) is 0 Å². The number of imidazole rings is 1. The highest BCUT2D eigenvalue weighted by Crippen LogP contribution is 2.31. The van der Waals surface area contributed by atoms with Gasteiger partial charge in [0.15, 0.2) is 0 Å². The predicted octanol–water partition coefficient (Wildman–Crippen LogP) is 2.04. The van der Waals surface area contributed by atoms with E-state index in [1.54, 1.807) is 19.0 Å². The Labute approximate surface area is 103 Å². The Balaban J connectivity index is 2.53. The summed E-state index contributed by atoms with van der Waals surface area (Å²) in [5, 5.41) is 0. The van der Waals surface area contributed by atoms with Gasteiger partial charge in [0.2, 0.25) is 0 Å². The van der Waals surface area contributed by atoms with E-state index in [1.807, 2.05) is 0 Å². The van der Waals surface area contributed by atoms with Crippen molar-refractivity contribution < 1.29 is 4.79 Å². The second-order valence-electron chi connectivity index (χ2n) is 5.01. The summed E-state index contributed by atoms with van der Waals surface area (Å²) in [6.07, 6.45) is 3.23. The number of hydrogen-bond donors (Lipinski definition) is 0. The van der Waals surface area contributed by atoms with Gasteiger partial charge in [-0.05, 0) is 18.8 Å². The van der Waals surface area contributed by atoms with Crippen LogP contribution in [-0.4, -0.2) is 34.5 Å². The van der Waals surface area contributed by atoms with E-state index in [0.29, 0.717) is 11.6 Å². The first-order valence-corrected chi connectivity index (χ1v) is 6.37. The number of hydrogen-bond acceptors (Lipinski definition) is 2. The van der Waals surface area contributed by atoms with Crippen LogP contribution in [0.3, 0.4) is 0 Å². The van der Waals surface area contributed by atoms with Gasteiger partial charge in [-0.2, -0.15) is 0 Å². The van der Waals surface area contributed by atoms with Gasteiger partial charge < -0.3 is 9.47 Å². The lowest BCUT2D eigenvalue weighted by atomic mass is 9.96. The van der Waals surface area contributed by atoms with E-state index in [4.69, 9.17) is 0 Å². The van der Waals surface area contributed by atoms with Crippen LogP contribution in [-0.2, 0) is 13.0 Å². The first kappa shape index (κ1) is 12.1. The van der Waals surface area contributed by atoms with Gasteiger partial charge in [-0.3, -0.25) is 4.79 Å². The summed E-state index contributed by atoms with van der Waals surface area (Å²) >= 11 is 0. The minimum absolute atomic E-state index is 0.0298. The standard InChI is InChI=1S/C13H21N3O/c1-5-10-14-11(13(17)15(3)4)12-9(2)7-6-8-16(10)12/h9H,5-8H2,1-4H3. The molecular weight excluding hydrogens is 214 g/mol. The molecule has 17 heavy (non-hydrogen) atoms. The summed E-state index contributed by atoms with van der Waals surface area (Å²) in [7, 11) is 3.57. The van der Waals surface area contributed by atoms with E-state index in [9.17, 15) is 4.79 Å². The van der Waals surface area contributed by atoms with Crippen molar-refractivity contribution in [1.82, 2.24) is 14.5 Å². The average Bonchev–Trinajstić information content (AvgIpc) is 2.68. The molecule has 0 N–H and O–H groups in total. The molecule has 0 saturated carbocycles. The van der Waals surface area contributed by atoms with Crippen molar-refractivity contribution in [1.29, 1.82) is 0 Å². The van der Waals surface area contributed by atoms with E-state index in [-0.39, 0.29) is 5.91 Å². The molecule has 0 aromatic carbocycles. The summed E-state index contributed by atoms with van der Waals surface area (Å²) in [6.45, 7) is 5.30. The lowest BCUT2D eigenvalue weighted by Crippen LogP contribution is -2.25. The Morgan fingerprint density at radius 3 is 2.82 bits per heavy atom. The molecule has 1 aromatic rings. The maximum Gasteiger partial charge on any atom is 0.273 e. The zero-order chi connectivity index (χ0) is 12.6. The number of carbonyl (C=O) groups is 1. The fourth-order valence-corrected chi connectivity index (χ4v) is 2.59. The highest BCUT2D eigenvalue weighted by molar-refractivity contribution is 5.93. The molecule has 0 fully saturated rings. The first-order chi connectivity index (χ1) is 8.06. The lowest BCUT2D eigenvalue weighted by Gasteiger charge is -2.23. The van der Waals surface area contributed by atoms with Crippen LogP contribution in [0.5, 0.6) is 0 Å². The number of rotatable bonds is 2. The molecule has 1 aliphatic heterocycles. The monoisotopic (exact) mass is 235 g/mol. The number of aromatic nitrogens is 2. The van der Waals surface area contributed by atoms with Gasteiger partial charge >= 0.3 is 0 Å². The minimum Gasteiger partial charge on any atom is -0.343 e. The largest absolute Gasteiger partial charge is 0.343 e. The van der Waals surface area contributed by atoms with Crippen molar-refractivity contribution >= 4 is 5.91 Å². The van der Waals surface area contributed by atoms with Crippen molar-refractivity contribution in [2.24, 2.45) is 0 Å². The van der Waals surface area contributed by atoms with E-state index in [0.717, 1.165) is 30.9 Å². The van der Waals surface area contributed by atoms with Crippen molar-refractivity contribution in [3.8, 4) is 0 Å². The van der Waals surface area contributed by atoms with Crippen molar-refractivity contribution in [3.05, 3.63) is 17.2 Å². The van der Waals surface area contributed by atoms with E-state index in [1.165, 1.54) is 6.42 Å². The van der Waals surface area contributed by atoms with Crippen molar-refractivity contribution in [2.75, 3.05) is 14.1 Å². The Kier molecular flexibility index (Phi) is 3.22. The van der Waals surface area contributed by atoms with Gasteiger partial charge in [0, 0.05) is 27.1 Å². The van der Waals surface area contributed by atoms with Gasteiger partial charge in [0.1, 0.15) is 11.5 Å². The normalized spacial score (nSPS) is 18.9. The van der Waals surface area contributed by atoms with Gasteiger partial charge in [0.25, 0.3) is 5.91 Å². The Morgan fingerprint density at radius 1 is 1.53 bits per heavy atom. The number of nitrogens with zero attached hydrogens (tertiary/aromatic N) is 3. The highest BCUT2D eigenvalue weighted by atomic mass is 16.2. The summed E-state index contributed by atoms with van der Waals surface area (Å²) < 4.78 is 2.25. The number of fused-ring (bicyclic) bond motifs is 1. The van der Waals surface area contributed by atoms with Gasteiger partial charge in [-0.25, -0.2) is 4.98 Å². The summed E-state index contributed by atoms with van der Waals surface area (Å²) in [6, 6.07) is 0. The smallest absolute Gasteiger partial charge is 0.273 e. The molecule has 4 nitrogen and oxygen atoms in total. The molecular formula is C13H21N3O. The third-order valence-corrected chi connectivity index (χ3v) is 3.50. The van der Waals surface area contributed by atoms with Gasteiger partial charge in [-0.1, -0.05) is 13.8 Å². The lowest BCUT2D eigenvalue weighted by molar-refractivity contribution is 0.0820. The van der Waals surface area contributed by atoms with Gasteiger partial charge in [-0.15, -0.1) is 0 Å². The second kappa shape index (κ2) is 4.51. The fraction of sp³-hybridized carbons (Fsp3) is 0.692.